The van der Waals surface area contributed by atoms with E-state index in [4.69, 9.17) is 4.74 Å². The van der Waals surface area contributed by atoms with Gasteiger partial charge in [0.2, 0.25) is 0 Å². The van der Waals surface area contributed by atoms with Crippen LogP contribution < -0.4 is 0 Å². The van der Waals surface area contributed by atoms with Gasteiger partial charge >= 0.3 is 0 Å². The highest BCUT2D eigenvalue weighted by Crippen LogP contribution is 2.48. The van der Waals surface area contributed by atoms with Crippen molar-refractivity contribution in [2.45, 2.75) is 70.1 Å². The van der Waals surface area contributed by atoms with Gasteiger partial charge in [-0.1, -0.05) is 50.1 Å². The minimum atomic E-state index is -0.230. The summed E-state index contributed by atoms with van der Waals surface area (Å²) in [6.07, 6.45) is 13.2. The smallest absolute Gasteiger partial charge is 0.123 e. The van der Waals surface area contributed by atoms with E-state index in [9.17, 15) is 15.3 Å². The first kappa shape index (κ1) is 23.6. The molecule has 2 atom stereocenters. The Morgan fingerprint density at radius 2 is 1.90 bits per heavy atom. The Balaban J connectivity index is 2.01. The third-order valence-corrected chi connectivity index (χ3v) is 7.05. The zero-order valence-corrected chi connectivity index (χ0v) is 19.1. The molecule has 2 unspecified atom stereocenters. The van der Waals surface area contributed by atoms with E-state index in [0.29, 0.717) is 18.8 Å². The molecular formula is C27H38O4. The van der Waals surface area contributed by atoms with Crippen LogP contribution in [0.2, 0.25) is 0 Å². The zero-order chi connectivity index (χ0) is 22.4. The van der Waals surface area contributed by atoms with Crippen LogP contribution >= 0.6 is 0 Å². The van der Waals surface area contributed by atoms with Crippen molar-refractivity contribution >= 4 is 0 Å². The van der Waals surface area contributed by atoms with Gasteiger partial charge in [0.1, 0.15) is 11.5 Å². The summed E-state index contributed by atoms with van der Waals surface area (Å²) in [5.74, 6) is 0.182. The molecule has 1 saturated heterocycles. The monoisotopic (exact) mass is 426 g/mol. The molecule has 1 aliphatic heterocycles. The van der Waals surface area contributed by atoms with Gasteiger partial charge in [-0.15, -0.1) is 0 Å². The van der Waals surface area contributed by atoms with Crippen molar-refractivity contribution < 1.29 is 20.1 Å². The van der Waals surface area contributed by atoms with Gasteiger partial charge in [0.15, 0.2) is 0 Å². The Morgan fingerprint density at radius 1 is 1.23 bits per heavy atom. The predicted octanol–water partition coefficient (Wildman–Crippen LogP) is 5.88. The van der Waals surface area contributed by atoms with Crippen LogP contribution in [0.5, 0.6) is 11.5 Å². The van der Waals surface area contributed by atoms with E-state index >= 15 is 0 Å². The summed E-state index contributed by atoms with van der Waals surface area (Å²) in [5, 5.41) is 31.9. The van der Waals surface area contributed by atoms with E-state index in [2.05, 4.69) is 25.7 Å². The van der Waals surface area contributed by atoms with Gasteiger partial charge in [0.25, 0.3) is 0 Å². The molecule has 1 aromatic rings. The standard InChI is InChI=1S/C27H38O4/c1-4-5-6-7-10-27(11-13-31-14-12-27)21-16-24(29)26(25(30)17-21)23-15-20(18-28)8-9-22(23)19(2)3/h7,10,15-17,22-23,28-30H,2,4-6,8-9,11-14,18H2,1,3H3. The number of hydrogen-bond acceptors (Lipinski definition) is 4. The topological polar surface area (TPSA) is 69.9 Å². The third-order valence-electron chi connectivity index (χ3n) is 7.05. The molecule has 0 bridgehead atoms. The molecule has 1 aromatic carbocycles. The van der Waals surface area contributed by atoms with Crippen molar-refractivity contribution in [1.82, 2.24) is 0 Å². The lowest BCUT2D eigenvalue weighted by atomic mass is 9.71. The Morgan fingerprint density at radius 3 is 2.48 bits per heavy atom. The molecule has 3 N–H and O–H groups in total. The molecule has 1 heterocycles. The summed E-state index contributed by atoms with van der Waals surface area (Å²) in [6, 6.07) is 3.67. The van der Waals surface area contributed by atoms with Gasteiger partial charge in [0, 0.05) is 30.1 Å². The van der Waals surface area contributed by atoms with Gasteiger partial charge in [-0.25, -0.2) is 0 Å². The second-order valence-electron chi connectivity index (χ2n) is 9.24. The van der Waals surface area contributed by atoms with E-state index in [0.717, 1.165) is 61.7 Å². The second kappa shape index (κ2) is 10.5. The predicted molar refractivity (Wildman–Crippen MR) is 126 cm³/mol. The first-order valence-electron chi connectivity index (χ1n) is 11.7. The maximum Gasteiger partial charge on any atom is 0.123 e. The number of unbranched alkanes of at least 4 members (excludes halogenated alkanes) is 2. The normalized spacial score (nSPS) is 23.6. The van der Waals surface area contributed by atoms with Crippen molar-refractivity contribution in [2.75, 3.05) is 19.8 Å². The molecule has 170 valence electrons. The van der Waals surface area contributed by atoms with E-state index in [1.807, 2.05) is 25.1 Å². The molecule has 31 heavy (non-hydrogen) atoms. The van der Waals surface area contributed by atoms with Gasteiger partial charge in [-0.2, -0.15) is 0 Å². The number of benzene rings is 1. The Hall–Kier alpha value is -2.04. The minimum Gasteiger partial charge on any atom is -0.507 e. The number of ether oxygens (including phenoxy) is 1. The number of phenols is 2. The number of aromatic hydroxyl groups is 2. The van der Waals surface area contributed by atoms with Crippen molar-refractivity contribution in [3.05, 3.63) is 59.2 Å². The number of aliphatic hydroxyl groups excluding tert-OH is 1. The van der Waals surface area contributed by atoms with Gasteiger partial charge in [-0.05, 0) is 68.2 Å². The summed E-state index contributed by atoms with van der Waals surface area (Å²) < 4.78 is 5.62. The molecule has 1 aliphatic carbocycles. The lowest BCUT2D eigenvalue weighted by Crippen LogP contribution is -2.32. The average Bonchev–Trinajstić information content (AvgIpc) is 2.76. The van der Waals surface area contributed by atoms with E-state index < -0.39 is 0 Å². The number of phenolic OH excluding ortho intramolecular Hbond substituents is 2. The highest BCUT2D eigenvalue weighted by atomic mass is 16.5. The van der Waals surface area contributed by atoms with Crippen LogP contribution in [-0.2, 0) is 10.2 Å². The van der Waals surface area contributed by atoms with Gasteiger partial charge < -0.3 is 20.1 Å². The quantitative estimate of drug-likeness (QED) is 0.359. The molecule has 0 saturated carbocycles. The fourth-order valence-electron chi connectivity index (χ4n) is 5.11. The Labute approximate surface area is 187 Å². The number of allylic oxidation sites excluding steroid dienone is 4. The molecule has 0 amide bonds. The van der Waals surface area contributed by atoms with Crippen LogP contribution in [0, 0.1) is 5.92 Å². The van der Waals surface area contributed by atoms with E-state index in [1.165, 1.54) is 0 Å². The maximum atomic E-state index is 11.1. The molecular weight excluding hydrogens is 388 g/mol. The van der Waals surface area contributed by atoms with Crippen LogP contribution in [0.25, 0.3) is 0 Å². The van der Waals surface area contributed by atoms with Crippen LogP contribution in [0.15, 0.2) is 48.1 Å². The SMILES string of the molecule is C=C(C)C1CCC(CO)=CC1c1c(O)cc(C2(C=CCCCC)CCOCC2)cc1O. The van der Waals surface area contributed by atoms with Gasteiger partial charge in [0.05, 0.1) is 6.61 Å². The van der Waals surface area contributed by atoms with Crippen molar-refractivity contribution in [3.63, 3.8) is 0 Å². The molecule has 3 rings (SSSR count). The molecule has 4 heteroatoms. The largest absolute Gasteiger partial charge is 0.507 e. The van der Waals surface area contributed by atoms with Crippen molar-refractivity contribution in [3.8, 4) is 11.5 Å². The zero-order valence-electron chi connectivity index (χ0n) is 19.1. The highest BCUT2D eigenvalue weighted by Gasteiger charge is 2.35. The number of rotatable bonds is 8. The maximum absolute atomic E-state index is 11.1. The van der Waals surface area contributed by atoms with Crippen LogP contribution in [0.1, 0.15) is 75.8 Å². The minimum absolute atomic E-state index is 0.00465. The first-order valence-corrected chi connectivity index (χ1v) is 11.7. The number of hydrogen-bond donors (Lipinski definition) is 3. The molecule has 0 aromatic heterocycles. The number of aliphatic hydroxyl groups is 1. The second-order valence-corrected chi connectivity index (χ2v) is 9.24. The summed E-state index contributed by atoms with van der Waals surface area (Å²) >= 11 is 0. The molecule has 2 aliphatic rings. The van der Waals surface area contributed by atoms with Crippen LogP contribution in [0.3, 0.4) is 0 Å². The molecule has 0 radical (unpaired) electrons. The lowest BCUT2D eigenvalue weighted by molar-refractivity contribution is 0.0651. The fourth-order valence-corrected chi connectivity index (χ4v) is 5.11. The van der Waals surface area contributed by atoms with Crippen LogP contribution in [0.4, 0.5) is 0 Å². The summed E-state index contributed by atoms with van der Waals surface area (Å²) in [4.78, 5) is 0. The highest BCUT2D eigenvalue weighted by molar-refractivity contribution is 5.54. The summed E-state index contributed by atoms with van der Waals surface area (Å²) in [6.45, 7) is 9.67. The van der Waals surface area contributed by atoms with Crippen molar-refractivity contribution in [1.29, 1.82) is 0 Å². The fraction of sp³-hybridized carbons (Fsp3) is 0.556. The summed E-state index contributed by atoms with van der Waals surface area (Å²) in [7, 11) is 0. The molecule has 4 nitrogen and oxygen atoms in total. The molecule has 1 fully saturated rings. The van der Waals surface area contributed by atoms with Gasteiger partial charge in [-0.3, -0.25) is 0 Å². The molecule has 0 spiro atoms. The first-order chi connectivity index (χ1) is 14.9. The van der Waals surface area contributed by atoms with E-state index in [-0.39, 0.29) is 35.4 Å². The average molecular weight is 427 g/mol. The Kier molecular flexibility index (Phi) is 8.01. The van der Waals surface area contributed by atoms with Crippen molar-refractivity contribution in [2.24, 2.45) is 5.92 Å². The Bertz CT molecular complexity index is 807. The van der Waals surface area contributed by atoms with Crippen LogP contribution in [-0.4, -0.2) is 35.1 Å². The third kappa shape index (κ3) is 5.24. The lowest BCUT2D eigenvalue weighted by Gasteiger charge is -2.36. The summed E-state index contributed by atoms with van der Waals surface area (Å²) in [5.41, 5.74) is 3.23. The van der Waals surface area contributed by atoms with E-state index in [1.54, 1.807) is 0 Å².